The molecule has 3 heteroatoms. The maximum absolute atomic E-state index is 9.86. The van der Waals surface area contributed by atoms with Gasteiger partial charge in [-0.1, -0.05) is 41.9 Å². The third-order valence-electron chi connectivity index (χ3n) is 3.72. The van der Waals surface area contributed by atoms with Gasteiger partial charge in [0.2, 0.25) is 0 Å². The third kappa shape index (κ3) is 2.34. The fourth-order valence-corrected chi connectivity index (χ4v) is 3.00. The highest BCUT2D eigenvalue weighted by Crippen LogP contribution is 2.37. The van der Waals surface area contributed by atoms with E-state index < -0.39 is 0 Å². The van der Waals surface area contributed by atoms with E-state index in [0.717, 1.165) is 13.1 Å². The minimum Gasteiger partial charge on any atom is -0.506 e. The molecule has 0 saturated heterocycles. The highest BCUT2D eigenvalue weighted by atomic mass is 35.5. The van der Waals surface area contributed by atoms with Crippen molar-refractivity contribution in [2.75, 3.05) is 13.6 Å². The van der Waals surface area contributed by atoms with Crippen molar-refractivity contribution < 1.29 is 5.11 Å². The first-order chi connectivity index (χ1) is 9.15. The fraction of sp³-hybridized carbons (Fsp3) is 0.250. The molecule has 0 spiro atoms. The Morgan fingerprint density at radius 1 is 1.21 bits per heavy atom. The van der Waals surface area contributed by atoms with Crippen LogP contribution in [0.1, 0.15) is 22.6 Å². The van der Waals surface area contributed by atoms with E-state index in [9.17, 15) is 5.11 Å². The standard InChI is InChI=1S/C16H16ClNO/c1-18-9-12-7-15(17)16(19)8-13(12)14(10-18)11-5-3-2-4-6-11/h2-8,14,19H,9-10H2,1H3/t14-/m1/s1. The highest BCUT2D eigenvalue weighted by molar-refractivity contribution is 6.32. The Labute approximate surface area is 118 Å². The van der Waals surface area contributed by atoms with E-state index in [1.807, 2.05) is 18.2 Å². The number of rotatable bonds is 1. The van der Waals surface area contributed by atoms with Gasteiger partial charge in [0.05, 0.1) is 5.02 Å². The average Bonchev–Trinajstić information content (AvgIpc) is 2.41. The zero-order valence-electron chi connectivity index (χ0n) is 10.8. The molecular formula is C16H16ClNO. The van der Waals surface area contributed by atoms with Crippen LogP contribution in [-0.2, 0) is 6.54 Å². The number of benzene rings is 2. The Bertz CT molecular complexity index is 597. The lowest BCUT2D eigenvalue weighted by atomic mass is 9.85. The Morgan fingerprint density at radius 2 is 1.95 bits per heavy atom. The van der Waals surface area contributed by atoms with Gasteiger partial charge in [-0.3, -0.25) is 0 Å². The molecule has 0 fully saturated rings. The van der Waals surface area contributed by atoms with Gasteiger partial charge in [-0.05, 0) is 35.9 Å². The normalized spacial score (nSPS) is 19.2. The Hall–Kier alpha value is -1.51. The van der Waals surface area contributed by atoms with Crippen LogP contribution in [0.2, 0.25) is 5.02 Å². The first-order valence-corrected chi connectivity index (χ1v) is 6.77. The molecule has 1 aliphatic heterocycles. The van der Waals surface area contributed by atoms with Gasteiger partial charge in [0.25, 0.3) is 0 Å². The summed E-state index contributed by atoms with van der Waals surface area (Å²) in [4.78, 5) is 2.29. The van der Waals surface area contributed by atoms with Crippen molar-refractivity contribution in [3.8, 4) is 5.75 Å². The van der Waals surface area contributed by atoms with Crippen molar-refractivity contribution in [1.82, 2.24) is 4.90 Å². The molecule has 0 aromatic heterocycles. The fourth-order valence-electron chi connectivity index (χ4n) is 2.82. The molecule has 0 bridgehead atoms. The lowest BCUT2D eigenvalue weighted by Gasteiger charge is -2.33. The van der Waals surface area contributed by atoms with Crippen LogP contribution in [0.5, 0.6) is 5.75 Å². The first-order valence-electron chi connectivity index (χ1n) is 6.40. The minimum absolute atomic E-state index is 0.172. The van der Waals surface area contributed by atoms with Crippen LogP contribution in [-0.4, -0.2) is 23.6 Å². The van der Waals surface area contributed by atoms with Gasteiger partial charge in [0.15, 0.2) is 0 Å². The van der Waals surface area contributed by atoms with Crippen LogP contribution in [0.3, 0.4) is 0 Å². The second-order valence-electron chi connectivity index (χ2n) is 5.16. The van der Waals surface area contributed by atoms with Crippen molar-refractivity contribution in [2.45, 2.75) is 12.5 Å². The second kappa shape index (κ2) is 4.87. The van der Waals surface area contributed by atoms with Gasteiger partial charge in [-0.2, -0.15) is 0 Å². The molecule has 0 amide bonds. The Morgan fingerprint density at radius 3 is 2.68 bits per heavy atom. The van der Waals surface area contributed by atoms with Crippen LogP contribution >= 0.6 is 11.6 Å². The quantitative estimate of drug-likeness (QED) is 0.858. The lowest BCUT2D eigenvalue weighted by molar-refractivity contribution is 0.294. The Balaban J connectivity index is 2.12. The summed E-state index contributed by atoms with van der Waals surface area (Å²) in [6.07, 6.45) is 0. The summed E-state index contributed by atoms with van der Waals surface area (Å²) in [6.45, 7) is 1.83. The number of nitrogens with zero attached hydrogens (tertiary/aromatic N) is 1. The zero-order chi connectivity index (χ0) is 13.4. The molecule has 0 aliphatic carbocycles. The summed E-state index contributed by atoms with van der Waals surface area (Å²) in [7, 11) is 2.11. The van der Waals surface area contributed by atoms with E-state index in [0.29, 0.717) is 5.02 Å². The van der Waals surface area contributed by atoms with Crippen LogP contribution in [0, 0.1) is 0 Å². The van der Waals surface area contributed by atoms with E-state index in [1.165, 1.54) is 16.7 Å². The molecule has 3 rings (SSSR count). The van der Waals surface area contributed by atoms with E-state index in [1.54, 1.807) is 0 Å². The van der Waals surface area contributed by atoms with Gasteiger partial charge in [0, 0.05) is 19.0 Å². The van der Waals surface area contributed by atoms with Crippen molar-refractivity contribution >= 4 is 11.6 Å². The first kappa shape index (κ1) is 12.5. The number of likely N-dealkylation sites (N-methyl/N-ethyl adjacent to an activating group) is 1. The number of halogens is 1. The SMILES string of the molecule is CN1Cc2cc(Cl)c(O)cc2[C@@H](c2ccccc2)C1. The lowest BCUT2D eigenvalue weighted by Crippen LogP contribution is -2.30. The summed E-state index contributed by atoms with van der Waals surface area (Å²) in [5.41, 5.74) is 3.66. The molecule has 2 nitrogen and oxygen atoms in total. The number of phenolic OH excluding ortho intramolecular Hbond substituents is 1. The molecule has 0 radical (unpaired) electrons. The number of phenols is 1. The van der Waals surface area contributed by atoms with Gasteiger partial charge in [-0.15, -0.1) is 0 Å². The number of fused-ring (bicyclic) bond motifs is 1. The Kier molecular flexibility index (Phi) is 3.21. The van der Waals surface area contributed by atoms with Crippen LogP contribution in [0.15, 0.2) is 42.5 Å². The molecule has 0 saturated carbocycles. The summed E-state index contributed by atoms with van der Waals surface area (Å²) < 4.78 is 0. The van der Waals surface area contributed by atoms with Crippen LogP contribution in [0.4, 0.5) is 0 Å². The van der Waals surface area contributed by atoms with Crippen LogP contribution < -0.4 is 0 Å². The summed E-state index contributed by atoms with van der Waals surface area (Å²) in [6, 6.07) is 14.1. The monoisotopic (exact) mass is 273 g/mol. The van der Waals surface area contributed by atoms with Gasteiger partial charge < -0.3 is 10.0 Å². The van der Waals surface area contributed by atoms with Crippen LogP contribution in [0.25, 0.3) is 0 Å². The predicted octanol–water partition coefficient (Wildman–Crippen LogP) is 3.62. The molecule has 2 aromatic carbocycles. The van der Waals surface area contributed by atoms with E-state index >= 15 is 0 Å². The predicted molar refractivity (Wildman–Crippen MR) is 77.7 cm³/mol. The molecule has 19 heavy (non-hydrogen) atoms. The van der Waals surface area contributed by atoms with E-state index in [-0.39, 0.29) is 11.7 Å². The number of hydrogen-bond donors (Lipinski definition) is 1. The molecule has 98 valence electrons. The topological polar surface area (TPSA) is 23.5 Å². The van der Waals surface area contributed by atoms with Crippen molar-refractivity contribution in [1.29, 1.82) is 0 Å². The molecule has 1 atom stereocenters. The van der Waals surface area contributed by atoms with E-state index in [4.69, 9.17) is 11.6 Å². The smallest absolute Gasteiger partial charge is 0.134 e. The third-order valence-corrected chi connectivity index (χ3v) is 4.02. The summed E-state index contributed by atoms with van der Waals surface area (Å²) >= 11 is 6.02. The summed E-state index contributed by atoms with van der Waals surface area (Å²) in [5.74, 6) is 0.462. The molecule has 2 aromatic rings. The molecular weight excluding hydrogens is 258 g/mol. The summed E-state index contributed by atoms with van der Waals surface area (Å²) in [5, 5.41) is 10.3. The maximum Gasteiger partial charge on any atom is 0.134 e. The highest BCUT2D eigenvalue weighted by Gasteiger charge is 2.25. The van der Waals surface area contributed by atoms with Crippen molar-refractivity contribution in [2.24, 2.45) is 0 Å². The van der Waals surface area contributed by atoms with E-state index in [2.05, 4.69) is 36.2 Å². The van der Waals surface area contributed by atoms with Gasteiger partial charge >= 0.3 is 0 Å². The molecule has 1 heterocycles. The molecule has 1 N–H and O–H groups in total. The maximum atomic E-state index is 9.86. The van der Waals surface area contributed by atoms with Gasteiger partial charge in [0.1, 0.15) is 5.75 Å². The second-order valence-corrected chi connectivity index (χ2v) is 5.57. The minimum atomic E-state index is 0.172. The van der Waals surface area contributed by atoms with Gasteiger partial charge in [-0.25, -0.2) is 0 Å². The molecule has 0 unspecified atom stereocenters. The van der Waals surface area contributed by atoms with Crippen molar-refractivity contribution in [3.05, 3.63) is 64.2 Å². The van der Waals surface area contributed by atoms with Crippen molar-refractivity contribution in [3.63, 3.8) is 0 Å². The average molecular weight is 274 g/mol. The molecule has 1 aliphatic rings. The number of hydrogen-bond acceptors (Lipinski definition) is 2. The zero-order valence-corrected chi connectivity index (χ0v) is 11.6. The largest absolute Gasteiger partial charge is 0.506 e. The number of aromatic hydroxyl groups is 1.